The van der Waals surface area contributed by atoms with E-state index in [-0.39, 0.29) is 36.2 Å². The van der Waals surface area contributed by atoms with E-state index in [1.54, 1.807) is 23.6 Å². The van der Waals surface area contributed by atoms with Gasteiger partial charge in [0.1, 0.15) is 18.2 Å². The van der Waals surface area contributed by atoms with Crippen LogP contribution in [-0.2, 0) is 14.3 Å². The number of carbonyl (C=O) groups is 3. The Labute approximate surface area is 185 Å². The first-order valence-electron chi connectivity index (χ1n) is 10.7. The van der Waals surface area contributed by atoms with Gasteiger partial charge in [0.05, 0.1) is 11.7 Å². The largest absolute Gasteiger partial charge is 0.367 e. The van der Waals surface area contributed by atoms with Crippen LogP contribution >= 0.6 is 11.3 Å². The summed E-state index contributed by atoms with van der Waals surface area (Å²) in [6.07, 6.45) is 5.57. The van der Waals surface area contributed by atoms with Crippen LogP contribution in [0.4, 0.5) is 0 Å². The highest BCUT2D eigenvalue weighted by molar-refractivity contribution is 7.13. The van der Waals surface area contributed by atoms with E-state index in [1.165, 1.54) is 6.20 Å². The summed E-state index contributed by atoms with van der Waals surface area (Å²) in [6, 6.07) is 4.94. The fraction of sp³-hybridized carbons (Fsp3) is 0.478. The zero-order valence-corrected chi connectivity index (χ0v) is 18.5. The van der Waals surface area contributed by atoms with Crippen molar-refractivity contribution in [1.29, 1.82) is 0 Å². The van der Waals surface area contributed by atoms with Crippen LogP contribution in [0.15, 0.2) is 36.0 Å². The average Bonchev–Trinajstić information content (AvgIpc) is 3.47. The van der Waals surface area contributed by atoms with Crippen LogP contribution in [0.5, 0.6) is 0 Å². The zero-order chi connectivity index (χ0) is 22.0. The number of rotatable bonds is 7. The highest BCUT2D eigenvalue weighted by atomic mass is 32.1. The van der Waals surface area contributed by atoms with Crippen LogP contribution in [0.25, 0.3) is 10.4 Å². The molecule has 1 aliphatic heterocycles. The fourth-order valence-electron chi connectivity index (χ4n) is 4.43. The van der Waals surface area contributed by atoms with Gasteiger partial charge in [-0.2, -0.15) is 0 Å². The molecule has 2 aliphatic rings. The summed E-state index contributed by atoms with van der Waals surface area (Å²) in [5.41, 5.74) is 0.302. The van der Waals surface area contributed by atoms with Crippen molar-refractivity contribution in [3.63, 3.8) is 0 Å². The van der Waals surface area contributed by atoms with E-state index in [4.69, 9.17) is 4.74 Å². The zero-order valence-electron chi connectivity index (χ0n) is 17.7. The SMILES string of the molecule is CC(C)CC(NC(=O)c1cncc(-c2cccs2)c1)C(=O)NC12CCCC1OCC2=O. The predicted molar refractivity (Wildman–Crippen MR) is 118 cm³/mol. The van der Waals surface area contributed by atoms with E-state index in [1.807, 2.05) is 31.4 Å². The minimum absolute atomic E-state index is 0.0351. The summed E-state index contributed by atoms with van der Waals surface area (Å²) in [7, 11) is 0. The van der Waals surface area contributed by atoms with Crippen LogP contribution in [0.2, 0.25) is 0 Å². The van der Waals surface area contributed by atoms with Gasteiger partial charge in [-0.05, 0) is 49.1 Å². The van der Waals surface area contributed by atoms with Crippen molar-refractivity contribution in [2.75, 3.05) is 6.61 Å². The van der Waals surface area contributed by atoms with Gasteiger partial charge in [-0.25, -0.2) is 0 Å². The van der Waals surface area contributed by atoms with Gasteiger partial charge in [0.2, 0.25) is 5.91 Å². The monoisotopic (exact) mass is 441 g/mol. The number of amides is 2. The molecule has 31 heavy (non-hydrogen) atoms. The van der Waals surface area contributed by atoms with Crippen LogP contribution < -0.4 is 10.6 Å². The van der Waals surface area contributed by atoms with E-state index in [0.717, 1.165) is 23.3 Å². The molecular formula is C23H27N3O4S. The van der Waals surface area contributed by atoms with Crippen LogP contribution in [0.1, 0.15) is 49.9 Å². The van der Waals surface area contributed by atoms with E-state index in [0.29, 0.717) is 18.4 Å². The Bertz CT molecular complexity index is 975. The lowest BCUT2D eigenvalue weighted by molar-refractivity contribution is -0.131. The number of carbonyl (C=O) groups excluding carboxylic acids is 3. The number of hydrogen-bond acceptors (Lipinski definition) is 6. The molecule has 4 rings (SSSR count). The molecule has 2 aromatic heterocycles. The van der Waals surface area contributed by atoms with E-state index in [9.17, 15) is 14.4 Å². The first-order valence-corrected chi connectivity index (χ1v) is 11.5. The minimum atomic E-state index is -0.947. The van der Waals surface area contributed by atoms with Crippen molar-refractivity contribution in [2.24, 2.45) is 5.92 Å². The van der Waals surface area contributed by atoms with E-state index in [2.05, 4.69) is 15.6 Å². The van der Waals surface area contributed by atoms with Crippen molar-refractivity contribution < 1.29 is 19.1 Å². The molecular weight excluding hydrogens is 414 g/mol. The molecule has 2 aromatic rings. The Balaban J connectivity index is 1.50. The Hall–Kier alpha value is -2.58. The molecule has 2 amide bonds. The predicted octanol–water partition coefficient (Wildman–Crippen LogP) is 2.96. The second-order valence-corrected chi connectivity index (χ2v) is 9.62. The third kappa shape index (κ3) is 4.41. The second kappa shape index (κ2) is 8.88. The van der Waals surface area contributed by atoms with Crippen LogP contribution in [0, 0.1) is 5.92 Å². The third-order valence-corrected chi connectivity index (χ3v) is 6.90. The number of nitrogens with zero attached hydrogens (tertiary/aromatic N) is 1. The molecule has 7 nitrogen and oxygen atoms in total. The van der Waals surface area contributed by atoms with Crippen molar-refractivity contribution >= 4 is 28.9 Å². The lowest BCUT2D eigenvalue weighted by Crippen LogP contribution is -2.60. The molecule has 0 bridgehead atoms. The molecule has 3 heterocycles. The highest BCUT2D eigenvalue weighted by Gasteiger charge is 2.55. The van der Waals surface area contributed by atoms with Gasteiger partial charge in [0.25, 0.3) is 5.91 Å². The first-order chi connectivity index (χ1) is 14.9. The number of hydrogen-bond donors (Lipinski definition) is 2. The van der Waals surface area contributed by atoms with E-state index < -0.39 is 11.6 Å². The Morgan fingerprint density at radius 2 is 2.19 bits per heavy atom. The number of nitrogens with one attached hydrogen (secondary N) is 2. The lowest BCUT2D eigenvalue weighted by atomic mass is 9.91. The van der Waals surface area contributed by atoms with Crippen LogP contribution in [-0.4, -0.2) is 46.9 Å². The lowest BCUT2D eigenvalue weighted by Gasteiger charge is -2.30. The number of pyridine rings is 1. The summed E-state index contributed by atoms with van der Waals surface area (Å²) in [6.45, 7) is 4.02. The summed E-state index contributed by atoms with van der Waals surface area (Å²) in [5, 5.41) is 7.79. The van der Waals surface area contributed by atoms with E-state index >= 15 is 0 Å². The number of fused-ring (bicyclic) bond motifs is 1. The van der Waals surface area contributed by atoms with Gasteiger partial charge in [-0.15, -0.1) is 11.3 Å². The molecule has 2 N–H and O–H groups in total. The average molecular weight is 442 g/mol. The van der Waals surface area contributed by atoms with Crippen molar-refractivity contribution in [3.05, 3.63) is 41.5 Å². The maximum atomic E-state index is 13.2. The quantitative estimate of drug-likeness (QED) is 0.689. The Kier molecular flexibility index (Phi) is 6.20. The topological polar surface area (TPSA) is 97.4 Å². The smallest absolute Gasteiger partial charge is 0.253 e. The van der Waals surface area contributed by atoms with Crippen LogP contribution in [0.3, 0.4) is 0 Å². The Morgan fingerprint density at radius 1 is 1.35 bits per heavy atom. The molecule has 1 saturated heterocycles. The molecule has 2 fully saturated rings. The fourth-order valence-corrected chi connectivity index (χ4v) is 5.14. The summed E-state index contributed by atoms with van der Waals surface area (Å²) in [5.74, 6) is -0.596. The minimum Gasteiger partial charge on any atom is -0.367 e. The number of thiophene rings is 1. The van der Waals surface area contributed by atoms with Crippen molar-refractivity contribution in [3.8, 4) is 10.4 Å². The summed E-state index contributed by atoms with van der Waals surface area (Å²) < 4.78 is 5.59. The maximum absolute atomic E-state index is 13.2. The number of aromatic nitrogens is 1. The molecule has 3 unspecified atom stereocenters. The molecule has 3 atom stereocenters. The molecule has 0 radical (unpaired) electrons. The number of Topliss-reactive ketones (excluding diaryl/α,β-unsaturated/α-hetero) is 1. The Morgan fingerprint density at radius 3 is 2.94 bits per heavy atom. The van der Waals surface area contributed by atoms with Gasteiger partial charge in [-0.3, -0.25) is 19.4 Å². The molecule has 0 spiro atoms. The molecule has 1 aliphatic carbocycles. The van der Waals surface area contributed by atoms with Gasteiger partial charge >= 0.3 is 0 Å². The number of ketones is 1. The van der Waals surface area contributed by atoms with Gasteiger partial charge in [-0.1, -0.05) is 19.9 Å². The summed E-state index contributed by atoms with van der Waals surface area (Å²) >= 11 is 1.57. The first kappa shape index (κ1) is 21.6. The molecule has 164 valence electrons. The number of ether oxygens (including phenoxy) is 1. The molecule has 0 aromatic carbocycles. The van der Waals surface area contributed by atoms with Gasteiger partial charge in [0, 0.05) is 22.8 Å². The summed E-state index contributed by atoms with van der Waals surface area (Å²) in [4.78, 5) is 43.9. The normalized spacial score (nSPS) is 23.6. The second-order valence-electron chi connectivity index (χ2n) is 8.67. The van der Waals surface area contributed by atoms with Crippen molar-refractivity contribution in [2.45, 2.75) is 57.2 Å². The van der Waals surface area contributed by atoms with Crippen molar-refractivity contribution in [1.82, 2.24) is 15.6 Å². The van der Waals surface area contributed by atoms with Gasteiger partial charge in [0.15, 0.2) is 5.78 Å². The standard InChI is InChI=1S/C23H27N3O4S/c1-14(2)9-17(22(29)26-23-7-3-6-20(23)30-13-19(23)27)25-21(28)16-10-15(11-24-12-16)18-5-4-8-31-18/h4-5,8,10-12,14,17,20H,3,6-7,9,13H2,1-2H3,(H,25,28)(H,26,29). The third-order valence-electron chi connectivity index (χ3n) is 5.98. The molecule has 8 heteroatoms. The highest BCUT2D eigenvalue weighted by Crippen LogP contribution is 2.38. The molecule has 1 saturated carbocycles. The van der Waals surface area contributed by atoms with Gasteiger partial charge < -0.3 is 15.4 Å². The maximum Gasteiger partial charge on any atom is 0.253 e.